The van der Waals surface area contributed by atoms with Crippen LogP contribution in [0.5, 0.6) is 6.01 Å². The molecule has 4 amide bonds. The Hall–Kier alpha value is -11.8. The number of carbonyl (C=O) groups excluding carboxylic acids is 3. The number of urea groups is 1. The van der Waals surface area contributed by atoms with Crippen LogP contribution in [0.3, 0.4) is 0 Å². The Bertz CT molecular complexity index is 4890. The molecule has 0 radical (unpaired) electrons. The number of nitrogens with one attached hydrogen (secondary N) is 7. The van der Waals surface area contributed by atoms with E-state index in [-0.39, 0.29) is 25.2 Å². The normalized spacial score (nSPS) is 14.2. The number of amides is 4. The Morgan fingerprint density at radius 3 is 1.30 bits per heavy atom. The second kappa shape index (κ2) is 38.2. The van der Waals surface area contributed by atoms with Crippen molar-refractivity contribution in [2.24, 2.45) is 0 Å². The third-order valence-electron chi connectivity index (χ3n) is 18.5. The number of pyridine rings is 5. The SMILES string of the molecule is CCNC(=O)Nc1nc2c(-c3cc(CN(C)C)ccn3)cc(-c3ccc(CN4CCOCC4)nc3)cc2[nH]1.CCOC(=O)Nc1nc2c(-c3cc(CN(C)C)ccn3)cc(-c3ccc(CN4CCOCC4)nc3)cc2[nH]1.CCOC(=O)Nc1nc2c(-c3ccccn3)cc(-c3cnc(OCCN4CCOCC4)nc3)cc2[nH]1. The molecule has 0 saturated carbocycles. The summed E-state index contributed by atoms with van der Waals surface area (Å²) in [5.74, 6) is 0.992. The zero-order valence-electron chi connectivity index (χ0n) is 64.1. The van der Waals surface area contributed by atoms with Crippen LogP contribution in [0.15, 0.2) is 147 Å². The number of H-pyrrole nitrogens is 3. The number of fused-ring (bicyclic) bond motifs is 3. The summed E-state index contributed by atoms with van der Waals surface area (Å²) in [4.78, 5) is 103. The van der Waals surface area contributed by atoms with Crippen LogP contribution in [-0.4, -0.2) is 248 Å². The zero-order chi connectivity index (χ0) is 77.7. The van der Waals surface area contributed by atoms with Crippen molar-refractivity contribution in [3.05, 3.63) is 169 Å². The van der Waals surface area contributed by atoms with Gasteiger partial charge in [-0.3, -0.25) is 55.6 Å². The maximum absolute atomic E-state index is 12.1. The van der Waals surface area contributed by atoms with E-state index >= 15 is 0 Å². The van der Waals surface area contributed by atoms with Gasteiger partial charge in [-0.2, -0.15) is 0 Å². The van der Waals surface area contributed by atoms with Crippen molar-refractivity contribution in [2.45, 2.75) is 47.0 Å². The first-order valence-electron chi connectivity index (χ1n) is 37.6. The average Bonchev–Trinajstić information content (AvgIpc) is 1.50. The highest BCUT2D eigenvalue weighted by atomic mass is 16.6. The maximum atomic E-state index is 12.1. The van der Waals surface area contributed by atoms with Crippen LogP contribution in [0.1, 0.15) is 43.3 Å². The molecule has 582 valence electrons. The number of aromatic amines is 3. The topological polar surface area (TPSA) is 347 Å². The lowest BCUT2D eigenvalue weighted by Crippen LogP contribution is -2.38. The molecule has 0 aliphatic carbocycles. The van der Waals surface area contributed by atoms with Gasteiger partial charge >= 0.3 is 24.2 Å². The van der Waals surface area contributed by atoms with E-state index in [0.717, 1.165) is 223 Å². The largest absolute Gasteiger partial charge is 0.462 e. The summed E-state index contributed by atoms with van der Waals surface area (Å²) in [6, 6.07) is 34.4. The van der Waals surface area contributed by atoms with Gasteiger partial charge in [0, 0.05) is 155 Å². The van der Waals surface area contributed by atoms with Gasteiger partial charge in [0.05, 0.1) is 114 Å². The number of nitrogens with zero attached hydrogens (tertiary/aromatic N) is 15. The molecule has 0 atom stereocenters. The molecule has 9 aromatic heterocycles. The number of imidazole rings is 3. The van der Waals surface area contributed by atoms with E-state index in [1.54, 1.807) is 32.4 Å². The molecule has 31 nitrogen and oxygen atoms in total. The standard InChI is InChI=1S/C28H34N8O2.C28H33N7O3.C25H27N7O4/c1-4-29-28(37)34-27-32-25-15-21(20-5-6-22(31-16-20)18-36-9-11-38-12-10-36)14-23(26(25)33-27)24-13-19(7-8-30-24)17-35(2)3;1-4-38-28(36)33-27-31-25-15-21(20-5-6-22(30-16-20)18-35-9-11-37-12-10-35)14-23(26(25)32-27)24-13-19(7-8-29-24)17-34(2)3;1-2-35-25(33)31-23-29-21-14-17(13-19(22(21)30-23)20-5-3-4-6-26-20)18-15-27-24(28-16-18)36-12-9-32-7-10-34-11-8-32/h5-8,13-16H,4,9-12,17-18H2,1-3H3,(H3,29,32,33,34,37);5-8,13-16H,4,9-12,17-18H2,1-3H3,(H2,31,32,33,36);3-6,13-16H,2,7-12H2,1H3,(H2,29,30,31,33). The number of hydrogen-bond acceptors (Lipinski definition) is 24. The fraction of sp³-hybridized carbons (Fsp3) is 0.346. The predicted octanol–water partition coefficient (Wildman–Crippen LogP) is 11.2. The smallest absolute Gasteiger partial charge is 0.413 e. The first-order chi connectivity index (χ1) is 54.6. The Balaban J connectivity index is 0.000000147. The molecular formula is C81H94N22O9. The van der Waals surface area contributed by atoms with E-state index in [0.29, 0.717) is 42.1 Å². The van der Waals surface area contributed by atoms with Crippen LogP contribution >= 0.6 is 0 Å². The third kappa shape index (κ3) is 21.2. The van der Waals surface area contributed by atoms with E-state index in [1.165, 1.54) is 0 Å². The number of rotatable bonds is 24. The van der Waals surface area contributed by atoms with E-state index in [4.69, 9.17) is 43.4 Å². The molecule has 3 fully saturated rings. The van der Waals surface area contributed by atoms with Crippen molar-refractivity contribution >= 4 is 69.2 Å². The molecule has 7 N–H and O–H groups in total. The van der Waals surface area contributed by atoms with Crippen LogP contribution < -0.4 is 26.0 Å². The van der Waals surface area contributed by atoms with Gasteiger partial charge < -0.3 is 58.5 Å². The molecule has 0 spiro atoms. The number of ether oxygens (including phenoxy) is 6. The third-order valence-corrected chi connectivity index (χ3v) is 18.5. The van der Waals surface area contributed by atoms with E-state index in [2.05, 4.69) is 144 Å². The molecule has 3 aliphatic heterocycles. The molecule has 0 unspecified atom stereocenters. The number of anilines is 3. The lowest BCUT2D eigenvalue weighted by molar-refractivity contribution is 0.0317. The highest BCUT2D eigenvalue weighted by Crippen LogP contribution is 2.37. The first kappa shape index (κ1) is 78.3. The quantitative estimate of drug-likeness (QED) is 0.0295. The summed E-state index contributed by atoms with van der Waals surface area (Å²) in [7, 11) is 8.16. The lowest BCUT2D eigenvalue weighted by atomic mass is 10.00. The molecule has 3 aliphatic rings. The minimum Gasteiger partial charge on any atom is -0.462 e. The molecule has 12 heterocycles. The van der Waals surface area contributed by atoms with Crippen molar-refractivity contribution < 1.29 is 42.8 Å². The van der Waals surface area contributed by atoms with E-state index in [9.17, 15) is 14.4 Å². The highest BCUT2D eigenvalue weighted by Gasteiger charge is 2.22. The van der Waals surface area contributed by atoms with E-state index in [1.807, 2.05) is 114 Å². The van der Waals surface area contributed by atoms with Gasteiger partial charge in [-0.15, -0.1) is 0 Å². The van der Waals surface area contributed by atoms with Crippen molar-refractivity contribution in [1.29, 1.82) is 0 Å². The highest BCUT2D eigenvalue weighted by molar-refractivity contribution is 6.00. The predicted molar refractivity (Wildman–Crippen MR) is 429 cm³/mol. The number of morpholine rings is 3. The van der Waals surface area contributed by atoms with Crippen LogP contribution in [0, 0.1) is 0 Å². The van der Waals surface area contributed by atoms with Crippen LogP contribution in [0.2, 0.25) is 0 Å². The summed E-state index contributed by atoms with van der Waals surface area (Å²) >= 11 is 0. The molecule has 3 saturated heterocycles. The summed E-state index contributed by atoms with van der Waals surface area (Å²) in [6.07, 6.45) is 11.5. The van der Waals surface area contributed by atoms with Gasteiger partial charge in [-0.25, -0.2) is 39.3 Å². The summed E-state index contributed by atoms with van der Waals surface area (Å²) in [5.41, 5.74) is 19.4. The molecular weight excluding hydrogens is 1430 g/mol. The Morgan fingerprint density at radius 1 is 0.455 bits per heavy atom. The fourth-order valence-corrected chi connectivity index (χ4v) is 13.1. The van der Waals surface area contributed by atoms with Crippen molar-refractivity contribution in [1.82, 2.24) is 94.6 Å². The average molecular weight is 1520 g/mol. The molecule has 12 aromatic rings. The second-order valence-electron chi connectivity index (χ2n) is 27.4. The monoisotopic (exact) mass is 1520 g/mol. The Morgan fingerprint density at radius 2 is 0.884 bits per heavy atom. The molecule has 112 heavy (non-hydrogen) atoms. The Kier molecular flexibility index (Phi) is 26.7. The number of aromatic nitrogens is 13. The fourth-order valence-electron chi connectivity index (χ4n) is 13.1. The summed E-state index contributed by atoms with van der Waals surface area (Å²) in [6.45, 7) is 21.1. The lowest BCUT2D eigenvalue weighted by Gasteiger charge is -2.26. The van der Waals surface area contributed by atoms with Gasteiger partial charge in [0.2, 0.25) is 17.8 Å². The Labute approximate surface area is 648 Å². The van der Waals surface area contributed by atoms with Gasteiger partial charge in [0.15, 0.2) is 0 Å². The van der Waals surface area contributed by atoms with Crippen LogP contribution in [-0.2, 0) is 49.9 Å². The zero-order valence-corrected chi connectivity index (χ0v) is 64.1. The van der Waals surface area contributed by atoms with E-state index < -0.39 is 12.2 Å². The van der Waals surface area contributed by atoms with Gasteiger partial charge in [-0.1, -0.05) is 18.2 Å². The number of benzene rings is 3. The minimum atomic E-state index is -0.575. The van der Waals surface area contributed by atoms with Crippen LogP contribution in [0.4, 0.5) is 32.2 Å². The number of carbonyl (C=O) groups is 3. The first-order valence-corrected chi connectivity index (χ1v) is 37.6. The minimum absolute atomic E-state index is 0.266. The molecule has 31 heteroatoms. The molecule has 3 aromatic carbocycles. The summed E-state index contributed by atoms with van der Waals surface area (Å²) < 4.78 is 32.0. The van der Waals surface area contributed by atoms with Crippen molar-refractivity contribution in [3.8, 4) is 73.2 Å². The molecule has 0 bridgehead atoms. The van der Waals surface area contributed by atoms with Gasteiger partial charge in [-0.05, 0) is 162 Å². The van der Waals surface area contributed by atoms with Crippen molar-refractivity contribution in [2.75, 3.05) is 156 Å². The van der Waals surface area contributed by atoms with Crippen molar-refractivity contribution in [3.63, 3.8) is 0 Å². The number of hydrogen-bond donors (Lipinski definition) is 7. The summed E-state index contributed by atoms with van der Waals surface area (Å²) in [5, 5.41) is 10.8. The van der Waals surface area contributed by atoms with Gasteiger partial charge in [0.25, 0.3) is 0 Å². The van der Waals surface area contributed by atoms with Gasteiger partial charge in [0.1, 0.15) is 6.61 Å². The molecule has 15 rings (SSSR count). The maximum Gasteiger partial charge on any atom is 0.413 e. The second-order valence-corrected chi connectivity index (χ2v) is 27.4. The van der Waals surface area contributed by atoms with Crippen LogP contribution in [0.25, 0.3) is 100 Å².